The van der Waals surface area contributed by atoms with Crippen LogP contribution in [-0.4, -0.2) is 79.7 Å². The third-order valence-electron chi connectivity index (χ3n) is 6.26. The fraction of sp³-hybridized carbons (Fsp3) is 0.480. The molecule has 2 unspecified atom stereocenters. The van der Waals surface area contributed by atoms with E-state index in [0.717, 1.165) is 50.2 Å². The minimum atomic E-state index is -0.576. The van der Waals surface area contributed by atoms with Crippen LogP contribution in [0.15, 0.2) is 48.5 Å². The highest BCUT2D eigenvalue weighted by Crippen LogP contribution is 2.32. The molecule has 6 heteroatoms. The lowest BCUT2D eigenvalue weighted by atomic mass is 9.91. The van der Waals surface area contributed by atoms with Crippen molar-refractivity contribution in [3.05, 3.63) is 65.2 Å². The summed E-state index contributed by atoms with van der Waals surface area (Å²) in [5.74, 6) is 1.24. The van der Waals surface area contributed by atoms with Crippen molar-refractivity contribution in [1.82, 2.24) is 15.1 Å². The number of benzene rings is 2. The van der Waals surface area contributed by atoms with Gasteiger partial charge < -0.3 is 20.1 Å². The van der Waals surface area contributed by atoms with Crippen LogP contribution in [0, 0.1) is 0 Å². The van der Waals surface area contributed by atoms with Crippen LogP contribution < -0.4 is 10.1 Å². The van der Waals surface area contributed by atoms with Crippen LogP contribution in [0.5, 0.6) is 5.75 Å². The zero-order valence-corrected chi connectivity index (χ0v) is 18.2. The topological polar surface area (TPSA) is 65.0 Å². The van der Waals surface area contributed by atoms with E-state index in [2.05, 4.69) is 52.5 Å². The van der Waals surface area contributed by atoms with E-state index in [1.54, 1.807) is 0 Å². The number of rotatable bonds is 10. The van der Waals surface area contributed by atoms with Crippen LogP contribution in [0.2, 0.25) is 0 Å². The first-order valence-corrected chi connectivity index (χ1v) is 11.2. The van der Waals surface area contributed by atoms with E-state index in [9.17, 15) is 9.90 Å². The zero-order chi connectivity index (χ0) is 21.6. The third kappa shape index (κ3) is 5.71. The fourth-order valence-corrected chi connectivity index (χ4v) is 4.57. The summed E-state index contributed by atoms with van der Waals surface area (Å²) in [4.78, 5) is 16.1. The number of hydrogen-bond donors (Lipinski definition) is 2. The SMILES string of the molecule is CN1CC(c2ccccc2OC(C=O)CNCC(O)CN2CCc3ccccc3C2)C1. The lowest BCUT2D eigenvalue weighted by Crippen LogP contribution is -2.43. The minimum absolute atomic E-state index is 0.377. The molecule has 2 aliphatic rings. The lowest BCUT2D eigenvalue weighted by molar-refractivity contribution is -0.113. The van der Waals surface area contributed by atoms with Crippen molar-refractivity contribution in [2.75, 3.05) is 46.3 Å². The molecule has 0 aliphatic carbocycles. The number of β-amino-alcohol motifs (C(OH)–C–C–N with tert-alkyl or cyclic N) is 1. The molecule has 0 spiro atoms. The Morgan fingerprint density at radius 1 is 1.13 bits per heavy atom. The van der Waals surface area contributed by atoms with Crippen molar-refractivity contribution >= 4 is 6.29 Å². The average Bonchev–Trinajstić information content (AvgIpc) is 2.76. The van der Waals surface area contributed by atoms with Gasteiger partial charge in [-0.1, -0.05) is 42.5 Å². The molecule has 0 aromatic heterocycles. The number of likely N-dealkylation sites (tertiary alicyclic amines) is 1. The smallest absolute Gasteiger partial charge is 0.166 e. The third-order valence-corrected chi connectivity index (χ3v) is 6.26. The van der Waals surface area contributed by atoms with Crippen LogP contribution in [0.25, 0.3) is 0 Å². The number of carbonyl (C=O) groups excluding carboxylic acids is 1. The molecular formula is C25H33N3O3. The molecule has 31 heavy (non-hydrogen) atoms. The van der Waals surface area contributed by atoms with Gasteiger partial charge in [-0.15, -0.1) is 0 Å². The van der Waals surface area contributed by atoms with Crippen LogP contribution in [0.3, 0.4) is 0 Å². The number of aliphatic hydroxyl groups excluding tert-OH is 1. The van der Waals surface area contributed by atoms with Gasteiger partial charge in [-0.05, 0) is 36.2 Å². The number of likely N-dealkylation sites (N-methyl/N-ethyl adjacent to an activating group) is 1. The molecule has 0 bridgehead atoms. The second-order valence-electron chi connectivity index (χ2n) is 8.81. The van der Waals surface area contributed by atoms with E-state index < -0.39 is 12.2 Å². The number of aliphatic hydroxyl groups is 1. The molecule has 2 aromatic rings. The highest BCUT2D eigenvalue weighted by molar-refractivity contribution is 5.57. The lowest BCUT2D eigenvalue weighted by Gasteiger charge is -2.37. The van der Waals surface area contributed by atoms with Gasteiger partial charge in [0.1, 0.15) is 5.75 Å². The Morgan fingerprint density at radius 2 is 1.87 bits per heavy atom. The van der Waals surface area contributed by atoms with E-state index in [-0.39, 0.29) is 0 Å². The van der Waals surface area contributed by atoms with E-state index in [4.69, 9.17) is 4.74 Å². The van der Waals surface area contributed by atoms with Gasteiger partial charge in [0.2, 0.25) is 0 Å². The molecule has 2 N–H and O–H groups in total. The van der Waals surface area contributed by atoms with Crippen LogP contribution in [0.1, 0.15) is 22.6 Å². The second-order valence-corrected chi connectivity index (χ2v) is 8.81. The quantitative estimate of drug-likeness (QED) is 0.567. The molecule has 1 saturated heterocycles. The Kier molecular flexibility index (Phi) is 7.35. The van der Waals surface area contributed by atoms with E-state index >= 15 is 0 Å². The Labute approximate surface area is 184 Å². The van der Waals surface area contributed by atoms with Gasteiger partial charge in [0, 0.05) is 51.7 Å². The van der Waals surface area contributed by atoms with Crippen molar-refractivity contribution in [1.29, 1.82) is 0 Å². The Morgan fingerprint density at radius 3 is 2.65 bits per heavy atom. The van der Waals surface area contributed by atoms with Gasteiger partial charge in [0.25, 0.3) is 0 Å². The predicted molar refractivity (Wildman–Crippen MR) is 121 cm³/mol. The average molecular weight is 424 g/mol. The number of fused-ring (bicyclic) bond motifs is 1. The number of ether oxygens (including phenoxy) is 1. The molecule has 0 radical (unpaired) electrons. The van der Waals surface area contributed by atoms with Gasteiger partial charge in [0.15, 0.2) is 12.4 Å². The van der Waals surface area contributed by atoms with E-state index in [0.29, 0.717) is 25.6 Å². The van der Waals surface area contributed by atoms with Crippen molar-refractivity contribution < 1.29 is 14.6 Å². The molecule has 0 saturated carbocycles. The molecule has 2 heterocycles. The molecule has 2 aromatic carbocycles. The number of hydrogen-bond acceptors (Lipinski definition) is 6. The highest BCUT2D eigenvalue weighted by atomic mass is 16.5. The van der Waals surface area contributed by atoms with E-state index in [1.165, 1.54) is 11.1 Å². The first-order chi connectivity index (χ1) is 15.1. The number of nitrogens with one attached hydrogen (secondary N) is 1. The summed E-state index contributed by atoms with van der Waals surface area (Å²) >= 11 is 0. The zero-order valence-electron chi connectivity index (χ0n) is 18.2. The van der Waals surface area contributed by atoms with Gasteiger partial charge in [-0.25, -0.2) is 0 Å². The summed E-state index contributed by atoms with van der Waals surface area (Å²) in [6.45, 7) is 5.28. The largest absolute Gasteiger partial charge is 0.481 e. The predicted octanol–water partition coefficient (Wildman–Crippen LogP) is 1.67. The maximum Gasteiger partial charge on any atom is 0.166 e. The normalized spacial score (nSPS) is 19.3. The summed E-state index contributed by atoms with van der Waals surface area (Å²) in [7, 11) is 2.10. The summed E-state index contributed by atoms with van der Waals surface area (Å²) in [5, 5.41) is 13.7. The standard InChI is InChI=1S/C25H33N3O3/c1-27-14-21(15-27)24-8-4-5-9-25(24)31-23(18-29)13-26-12-22(30)17-28-11-10-19-6-2-3-7-20(19)16-28/h2-9,18,21-23,26,30H,10-17H2,1H3. The first-order valence-electron chi connectivity index (χ1n) is 11.2. The fourth-order valence-electron chi connectivity index (χ4n) is 4.57. The Balaban J connectivity index is 1.22. The maximum absolute atomic E-state index is 11.6. The van der Waals surface area contributed by atoms with Gasteiger partial charge in [-0.2, -0.15) is 0 Å². The molecule has 6 nitrogen and oxygen atoms in total. The summed E-state index contributed by atoms with van der Waals surface area (Å²) in [6.07, 6.45) is 0.793. The van der Waals surface area contributed by atoms with Crippen LogP contribution >= 0.6 is 0 Å². The van der Waals surface area contributed by atoms with Crippen molar-refractivity contribution in [2.45, 2.75) is 31.1 Å². The Bertz CT molecular complexity index is 869. The summed E-state index contributed by atoms with van der Waals surface area (Å²) < 4.78 is 6.02. The number of para-hydroxylation sites is 1. The van der Waals surface area contributed by atoms with Gasteiger partial charge in [-0.3, -0.25) is 9.69 Å². The van der Waals surface area contributed by atoms with Gasteiger partial charge >= 0.3 is 0 Å². The monoisotopic (exact) mass is 423 g/mol. The maximum atomic E-state index is 11.6. The Hall–Kier alpha value is -2.25. The summed E-state index contributed by atoms with van der Waals surface area (Å²) in [6, 6.07) is 16.5. The van der Waals surface area contributed by atoms with Crippen molar-refractivity contribution in [3.8, 4) is 5.75 Å². The molecule has 1 fully saturated rings. The first kappa shape index (κ1) is 22.0. The number of nitrogens with zero attached hydrogens (tertiary/aromatic N) is 2. The molecule has 4 rings (SSSR count). The second kappa shape index (κ2) is 10.4. The highest BCUT2D eigenvalue weighted by Gasteiger charge is 2.28. The van der Waals surface area contributed by atoms with Crippen LogP contribution in [-0.2, 0) is 17.8 Å². The minimum Gasteiger partial charge on any atom is -0.481 e. The number of carbonyl (C=O) groups is 1. The number of aldehydes is 1. The summed E-state index contributed by atoms with van der Waals surface area (Å²) in [5.41, 5.74) is 3.92. The molecule has 166 valence electrons. The van der Waals surface area contributed by atoms with E-state index in [1.807, 2.05) is 18.2 Å². The van der Waals surface area contributed by atoms with Crippen LogP contribution in [0.4, 0.5) is 0 Å². The van der Waals surface area contributed by atoms with Crippen molar-refractivity contribution in [2.24, 2.45) is 0 Å². The molecule has 2 aliphatic heterocycles. The van der Waals surface area contributed by atoms with Gasteiger partial charge in [0.05, 0.1) is 6.10 Å². The van der Waals surface area contributed by atoms with Crippen molar-refractivity contribution in [3.63, 3.8) is 0 Å². The molecule has 2 atom stereocenters. The molecular weight excluding hydrogens is 390 g/mol. The molecule has 0 amide bonds.